The number of carbonyl (C=O) groups excluding carboxylic acids is 1. The quantitative estimate of drug-likeness (QED) is 0.693. The number of amides is 1. The Bertz CT molecular complexity index is 924. The van der Waals surface area contributed by atoms with Gasteiger partial charge in [0.15, 0.2) is 11.5 Å². The molecule has 0 saturated carbocycles. The maximum atomic E-state index is 12.4. The van der Waals surface area contributed by atoms with Crippen LogP contribution in [0.4, 0.5) is 0 Å². The normalized spacial score (nSPS) is 10.4. The number of hydrogen-bond acceptors (Lipinski definition) is 4. The fourth-order valence-corrected chi connectivity index (χ4v) is 2.75. The average Bonchev–Trinajstić information content (AvgIpc) is 3.16. The summed E-state index contributed by atoms with van der Waals surface area (Å²) < 4.78 is 10.5. The topological polar surface area (TPSA) is 76.2 Å². The minimum atomic E-state index is -0.259. The Hall–Kier alpha value is -2.99. The SMILES string of the molecule is COc1ccc(CNC(=O)c2cc(-c3ccccc3Cl)n[nH]2)cc1OC. The molecule has 0 saturated heterocycles. The van der Waals surface area contributed by atoms with Crippen LogP contribution in [-0.2, 0) is 6.54 Å². The van der Waals surface area contributed by atoms with Crippen molar-refractivity contribution in [2.45, 2.75) is 6.54 Å². The number of hydrogen-bond donors (Lipinski definition) is 2. The van der Waals surface area contributed by atoms with Crippen LogP contribution in [0.1, 0.15) is 16.1 Å². The highest BCUT2D eigenvalue weighted by molar-refractivity contribution is 6.33. The molecule has 1 heterocycles. The summed E-state index contributed by atoms with van der Waals surface area (Å²) in [7, 11) is 3.15. The Balaban J connectivity index is 1.69. The van der Waals surface area contributed by atoms with Crippen molar-refractivity contribution in [2.24, 2.45) is 0 Å². The van der Waals surface area contributed by atoms with Crippen LogP contribution in [0.15, 0.2) is 48.5 Å². The van der Waals surface area contributed by atoms with Crippen LogP contribution in [0, 0.1) is 0 Å². The molecule has 6 nitrogen and oxygen atoms in total. The van der Waals surface area contributed by atoms with Gasteiger partial charge in [-0.3, -0.25) is 9.89 Å². The van der Waals surface area contributed by atoms with Gasteiger partial charge in [-0.25, -0.2) is 0 Å². The molecule has 3 aromatic rings. The van der Waals surface area contributed by atoms with Crippen molar-refractivity contribution in [3.05, 3.63) is 64.8 Å². The zero-order valence-corrected chi connectivity index (χ0v) is 15.1. The summed E-state index contributed by atoms with van der Waals surface area (Å²) >= 11 is 6.17. The van der Waals surface area contributed by atoms with E-state index in [2.05, 4.69) is 15.5 Å². The van der Waals surface area contributed by atoms with Gasteiger partial charge >= 0.3 is 0 Å². The Kier molecular flexibility index (Phi) is 5.43. The van der Waals surface area contributed by atoms with E-state index in [9.17, 15) is 4.79 Å². The van der Waals surface area contributed by atoms with E-state index in [0.29, 0.717) is 34.5 Å². The lowest BCUT2D eigenvalue weighted by molar-refractivity contribution is 0.0946. The molecule has 0 aliphatic heterocycles. The highest BCUT2D eigenvalue weighted by Crippen LogP contribution is 2.28. The number of aromatic amines is 1. The van der Waals surface area contributed by atoms with Gasteiger partial charge in [0.1, 0.15) is 5.69 Å². The van der Waals surface area contributed by atoms with Crippen molar-refractivity contribution < 1.29 is 14.3 Å². The first-order valence-electron chi connectivity index (χ1n) is 7.91. The fourth-order valence-electron chi connectivity index (χ4n) is 2.51. The molecule has 0 atom stereocenters. The monoisotopic (exact) mass is 371 g/mol. The third kappa shape index (κ3) is 3.81. The lowest BCUT2D eigenvalue weighted by Gasteiger charge is -2.10. The number of ether oxygens (including phenoxy) is 2. The summed E-state index contributed by atoms with van der Waals surface area (Å²) in [4.78, 5) is 12.4. The molecule has 1 aromatic heterocycles. The predicted octanol–water partition coefficient (Wildman–Crippen LogP) is 3.68. The molecule has 2 aromatic carbocycles. The van der Waals surface area contributed by atoms with E-state index in [4.69, 9.17) is 21.1 Å². The van der Waals surface area contributed by atoms with Gasteiger partial charge in [0.2, 0.25) is 0 Å². The number of carbonyl (C=O) groups is 1. The van der Waals surface area contributed by atoms with E-state index >= 15 is 0 Å². The molecule has 0 bridgehead atoms. The number of H-pyrrole nitrogens is 1. The van der Waals surface area contributed by atoms with Gasteiger partial charge in [-0.15, -0.1) is 0 Å². The Labute approximate surface area is 156 Å². The average molecular weight is 372 g/mol. The summed E-state index contributed by atoms with van der Waals surface area (Å²) in [5, 5.41) is 10.3. The Morgan fingerprint density at radius 1 is 1.12 bits per heavy atom. The minimum Gasteiger partial charge on any atom is -0.493 e. The van der Waals surface area contributed by atoms with Crippen LogP contribution in [0.2, 0.25) is 5.02 Å². The number of halogens is 1. The third-order valence-corrected chi connectivity index (χ3v) is 4.20. The summed E-state index contributed by atoms with van der Waals surface area (Å²) in [5.41, 5.74) is 2.64. The summed E-state index contributed by atoms with van der Waals surface area (Å²) in [6.07, 6.45) is 0. The highest BCUT2D eigenvalue weighted by atomic mass is 35.5. The lowest BCUT2D eigenvalue weighted by Crippen LogP contribution is -2.23. The molecule has 0 aliphatic rings. The number of nitrogens with one attached hydrogen (secondary N) is 2. The number of nitrogens with zero attached hydrogens (tertiary/aromatic N) is 1. The van der Waals surface area contributed by atoms with E-state index in [1.165, 1.54) is 0 Å². The smallest absolute Gasteiger partial charge is 0.269 e. The fraction of sp³-hybridized carbons (Fsp3) is 0.158. The lowest BCUT2D eigenvalue weighted by atomic mass is 10.1. The van der Waals surface area contributed by atoms with Gasteiger partial charge in [-0.05, 0) is 29.8 Å². The largest absolute Gasteiger partial charge is 0.493 e. The van der Waals surface area contributed by atoms with Crippen molar-refractivity contribution in [2.75, 3.05) is 14.2 Å². The number of aromatic nitrogens is 2. The first-order chi connectivity index (χ1) is 12.6. The van der Waals surface area contributed by atoms with Crippen LogP contribution in [-0.4, -0.2) is 30.3 Å². The maximum absolute atomic E-state index is 12.4. The first-order valence-corrected chi connectivity index (χ1v) is 8.29. The molecule has 0 aliphatic carbocycles. The maximum Gasteiger partial charge on any atom is 0.269 e. The molecule has 0 spiro atoms. The first kappa shape index (κ1) is 17.8. The van der Waals surface area contributed by atoms with Crippen molar-refractivity contribution >= 4 is 17.5 Å². The molecule has 7 heteroatoms. The third-order valence-electron chi connectivity index (χ3n) is 3.87. The zero-order valence-electron chi connectivity index (χ0n) is 14.4. The molecule has 0 fully saturated rings. The molecule has 2 N–H and O–H groups in total. The van der Waals surface area contributed by atoms with E-state index in [1.807, 2.05) is 30.3 Å². The molecule has 0 radical (unpaired) electrons. The number of rotatable bonds is 6. The van der Waals surface area contributed by atoms with Gasteiger partial charge in [0.05, 0.1) is 24.9 Å². The van der Waals surface area contributed by atoms with Crippen LogP contribution in [0.3, 0.4) is 0 Å². The van der Waals surface area contributed by atoms with Crippen LogP contribution in [0.25, 0.3) is 11.3 Å². The predicted molar refractivity (Wildman–Crippen MR) is 99.7 cm³/mol. The van der Waals surface area contributed by atoms with Crippen molar-refractivity contribution in [1.82, 2.24) is 15.5 Å². The minimum absolute atomic E-state index is 0.259. The number of methoxy groups -OCH3 is 2. The van der Waals surface area contributed by atoms with Crippen molar-refractivity contribution in [3.63, 3.8) is 0 Å². The molecular weight excluding hydrogens is 354 g/mol. The molecule has 3 rings (SSSR count). The standard InChI is InChI=1S/C19H18ClN3O3/c1-25-17-8-7-12(9-18(17)26-2)11-21-19(24)16-10-15(22-23-16)13-5-3-4-6-14(13)20/h3-10H,11H2,1-2H3,(H,21,24)(H,22,23). The van der Waals surface area contributed by atoms with E-state index in [1.54, 1.807) is 32.4 Å². The van der Waals surface area contributed by atoms with E-state index < -0.39 is 0 Å². The second kappa shape index (κ2) is 7.93. The molecule has 1 amide bonds. The second-order valence-electron chi connectivity index (χ2n) is 5.52. The Morgan fingerprint density at radius 2 is 1.88 bits per heavy atom. The van der Waals surface area contributed by atoms with Gasteiger partial charge in [-0.1, -0.05) is 35.9 Å². The van der Waals surface area contributed by atoms with Crippen molar-refractivity contribution in [3.8, 4) is 22.8 Å². The van der Waals surface area contributed by atoms with Gasteiger partial charge in [0.25, 0.3) is 5.91 Å². The van der Waals surface area contributed by atoms with Gasteiger partial charge < -0.3 is 14.8 Å². The summed E-state index contributed by atoms with van der Waals surface area (Å²) in [6.45, 7) is 0.347. The van der Waals surface area contributed by atoms with Crippen LogP contribution >= 0.6 is 11.6 Å². The van der Waals surface area contributed by atoms with Crippen molar-refractivity contribution in [1.29, 1.82) is 0 Å². The zero-order chi connectivity index (χ0) is 18.5. The van der Waals surface area contributed by atoms with Gasteiger partial charge in [-0.2, -0.15) is 5.10 Å². The molecule has 26 heavy (non-hydrogen) atoms. The van der Waals surface area contributed by atoms with E-state index in [-0.39, 0.29) is 5.91 Å². The molecule has 134 valence electrons. The van der Waals surface area contributed by atoms with E-state index in [0.717, 1.165) is 11.1 Å². The summed E-state index contributed by atoms with van der Waals surface area (Å²) in [6, 6.07) is 14.5. The van der Waals surface area contributed by atoms with Gasteiger partial charge in [0, 0.05) is 12.1 Å². The van der Waals surface area contributed by atoms with Crippen LogP contribution in [0.5, 0.6) is 11.5 Å². The van der Waals surface area contributed by atoms with Crippen LogP contribution < -0.4 is 14.8 Å². The Morgan fingerprint density at radius 3 is 2.62 bits per heavy atom. The number of benzene rings is 2. The molecular formula is C19H18ClN3O3. The highest BCUT2D eigenvalue weighted by Gasteiger charge is 2.13. The molecule has 0 unspecified atom stereocenters. The second-order valence-corrected chi connectivity index (χ2v) is 5.93. The summed E-state index contributed by atoms with van der Waals surface area (Å²) in [5.74, 6) is 0.993.